The first-order valence-corrected chi connectivity index (χ1v) is 6.48. The van der Waals surface area contributed by atoms with Crippen LogP contribution in [0, 0.1) is 0 Å². The second kappa shape index (κ2) is 7.03. The summed E-state index contributed by atoms with van der Waals surface area (Å²) < 4.78 is 0. The summed E-state index contributed by atoms with van der Waals surface area (Å²) in [6.45, 7) is 5.22. The standard InChI is InChI=1S/C13H22N2O3/c1-3-4-7-11(12(16)17)14-13(18)15-8-5-6-10(2)9-15/h6,11H,3-5,7-9H2,1-2H3,(H,14,18)(H,16,17). The molecule has 1 rings (SSSR count). The topological polar surface area (TPSA) is 69.6 Å². The van der Waals surface area contributed by atoms with Crippen molar-refractivity contribution in [3.63, 3.8) is 0 Å². The van der Waals surface area contributed by atoms with Crippen molar-refractivity contribution in [1.29, 1.82) is 0 Å². The Balaban J connectivity index is 2.50. The monoisotopic (exact) mass is 254 g/mol. The molecule has 1 atom stereocenters. The summed E-state index contributed by atoms with van der Waals surface area (Å²) in [6.07, 6.45) is 5.16. The average Bonchev–Trinajstić information content (AvgIpc) is 2.33. The molecule has 2 amide bonds. The molecule has 1 aliphatic rings. The van der Waals surface area contributed by atoms with Crippen LogP contribution in [0.15, 0.2) is 11.6 Å². The van der Waals surface area contributed by atoms with Gasteiger partial charge in [0.05, 0.1) is 0 Å². The molecule has 1 heterocycles. The highest BCUT2D eigenvalue weighted by Gasteiger charge is 2.23. The van der Waals surface area contributed by atoms with Gasteiger partial charge >= 0.3 is 12.0 Å². The van der Waals surface area contributed by atoms with Crippen molar-refractivity contribution < 1.29 is 14.7 Å². The lowest BCUT2D eigenvalue weighted by atomic mass is 10.1. The molecule has 0 aromatic rings. The SMILES string of the molecule is CCCCC(NC(=O)N1CCC=C(C)C1)C(=O)O. The fourth-order valence-electron chi connectivity index (χ4n) is 1.99. The van der Waals surface area contributed by atoms with Gasteiger partial charge in [0.1, 0.15) is 6.04 Å². The number of aliphatic carboxylic acids is 1. The number of carbonyl (C=O) groups is 2. The second-order valence-corrected chi connectivity index (χ2v) is 4.74. The Morgan fingerprint density at radius 3 is 2.83 bits per heavy atom. The van der Waals surface area contributed by atoms with Crippen LogP contribution in [0.3, 0.4) is 0 Å². The summed E-state index contributed by atoms with van der Waals surface area (Å²) in [4.78, 5) is 24.7. The van der Waals surface area contributed by atoms with Crippen molar-refractivity contribution in [3.05, 3.63) is 11.6 Å². The van der Waals surface area contributed by atoms with Crippen LogP contribution in [0.5, 0.6) is 0 Å². The van der Waals surface area contributed by atoms with Gasteiger partial charge in [0, 0.05) is 13.1 Å². The predicted octanol–water partition coefficient (Wildman–Crippen LogP) is 1.99. The number of hydrogen-bond acceptors (Lipinski definition) is 2. The number of amides is 2. The van der Waals surface area contributed by atoms with Gasteiger partial charge < -0.3 is 15.3 Å². The number of urea groups is 1. The minimum absolute atomic E-state index is 0.272. The molecule has 102 valence electrons. The summed E-state index contributed by atoms with van der Waals surface area (Å²) in [5, 5.41) is 11.7. The molecule has 0 fully saturated rings. The maximum absolute atomic E-state index is 11.9. The highest BCUT2D eigenvalue weighted by atomic mass is 16.4. The zero-order valence-electron chi connectivity index (χ0n) is 11.1. The summed E-state index contributed by atoms with van der Waals surface area (Å²) in [5.74, 6) is -0.957. The van der Waals surface area contributed by atoms with Crippen LogP contribution in [0.25, 0.3) is 0 Å². The van der Waals surface area contributed by atoms with Gasteiger partial charge in [-0.05, 0) is 19.8 Å². The molecular weight excluding hydrogens is 232 g/mol. The summed E-state index contributed by atoms with van der Waals surface area (Å²) >= 11 is 0. The van der Waals surface area contributed by atoms with E-state index in [1.54, 1.807) is 4.90 Å². The van der Waals surface area contributed by atoms with E-state index in [1.165, 1.54) is 0 Å². The van der Waals surface area contributed by atoms with E-state index in [4.69, 9.17) is 5.11 Å². The highest BCUT2D eigenvalue weighted by Crippen LogP contribution is 2.09. The number of nitrogens with one attached hydrogen (secondary N) is 1. The number of carboxylic acid groups (broad SMARTS) is 1. The highest BCUT2D eigenvalue weighted by molar-refractivity contribution is 5.82. The van der Waals surface area contributed by atoms with Crippen LogP contribution in [0.2, 0.25) is 0 Å². The smallest absolute Gasteiger partial charge is 0.326 e. The van der Waals surface area contributed by atoms with Crippen LogP contribution >= 0.6 is 0 Å². The molecule has 0 aliphatic carbocycles. The molecule has 0 saturated carbocycles. The quantitative estimate of drug-likeness (QED) is 0.737. The normalized spacial score (nSPS) is 17.0. The summed E-state index contributed by atoms with van der Waals surface area (Å²) in [7, 11) is 0. The first-order valence-electron chi connectivity index (χ1n) is 6.48. The first kappa shape index (κ1) is 14.5. The Morgan fingerprint density at radius 2 is 2.28 bits per heavy atom. The van der Waals surface area contributed by atoms with Crippen molar-refractivity contribution >= 4 is 12.0 Å². The predicted molar refractivity (Wildman–Crippen MR) is 69.4 cm³/mol. The molecule has 2 N–H and O–H groups in total. The van der Waals surface area contributed by atoms with Crippen LogP contribution in [0.4, 0.5) is 4.79 Å². The van der Waals surface area contributed by atoms with E-state index in [2.05, 4.69) is 11.4 Å². The second-order valence-electron chi connectivity index (χ2n) is 4.74. The average molecular weight is 254 g/mol. The van der Waals surface area contributed by atoms with Gasteiger partial charge in [0.2, 0.25) is 0 Å². The Kier molecular flexibility index (Phi) is 5.68. The summed E-state index contributed by atoms with van der Waals surface area (Å²) in [5.41, 5.74) is 1.15. The molecule has 0 spiro atoms. The number of carboxylic acids is 1. The molecule has 0 bridgehead atoms. The van der Waals surface area contributed by atoms with Gasteiger partial charge in [-0.25, -0.2) is 9.59 Å². The van der Waals surface area contributed by atoms with Gasteiger partial charge in [-0.1, -0.05) is 31.4 Å². The molecule has 0 aromatic carbocycles. The minimum atomic E-state index is -0.957. The van der Waals surface area contributed by atoms with Crippen LogP contribution < -0.4 is 5.32 Å². The Bertz CT molecular complexity index is 339. The van der Waals surface area contributed by atoms with E-state index >= 15 is 0 Å². The van der Waals surface area contributed by atoms with Gasteiger partial charge in [0.15, 0.2) is 0 Å². The van der Waals surface area contributed by atoms with E-state index in [0.29, 0.717) is 19.5 Å². The van der Waals surface area contributed by atoms with Gasteiger partial charge in [-0.15, -0.1) is 0 Å². The van der Waals surface area contributed by atoms with Crippen molar-refractivity contribution in [3.8, 4) is 0 Å². The van der Waals surface area contributed by atoms with E-state index in [-0.39, 0.29) is 6.03 Å². The molecule has 5 nitrogen and oxygen atoms in total. The zero-order valence-corrected chi connectivity index (χ0v) is 11.1. The van der Waals surface area contributed by atoms with Crippen LogP contribution in [-0.4, -0.2) is 41.1 Å². The lowest BCUT2D eigenvalue weighted by Crippen LogP contribution is -2.49. The van der Waals surface area contributed by atoms with E-state index in [0.717, 1.165) is 24.8 Å². The van der Waals surface area contributed by atoms with Crippen molar-refractivity contribution in [2.45, 2.75) is 45.6 Å². The van der Waals surface area contributed by atoms with E-state index < -0.39 is 12.0 Å². The number of carbonyl (C=O) groups excluding carboxylic acids is 1. The third-order valence-electron chi connectivity index (χ3n) is 3.06. The maximum atomic E-state index is 11.9. The fourth-order valence-corrected chi connectivity index (χ4v) is 1.99. The Hall–Kier alpha value is -1.52. The number of nitrogens with zero attached hydrogens (tertiary/aromatic N) is 1. The first-order chi connectivity index (χ1) is 8.54. The Labute approximate surface area is 108 Å². The number of hydrogen-bond donors (Lipinski definition) is 2. The van der Waals surface area contributed by atoms with Gasteiger partial charge in [-0.2, -0.15) is 0 Å². The molecule has 1 aliphatic heterocycles. The zero-order chi connectivity index (χ0) is 13.5. The lowest BCUT2D eigenvalue weighted by molar-refractivity contribution is -0.139. The van der Waals surface area contributed by atoms with Crippen molar-refractivity contribution in [1.82, 2.24) is 10.2 Å². The largest absolute Gasteiger partial charge is 0.480 e. The number of unbranched alkanes of at least 4 members (excludes halogenated alkanes) is 1. The van der Waals surface area contributed by atoms with Crippen molar-refractivity contribution in [2.75, 3.05) is 13.1 Å². The summed E-state index contributed by atoms with van der Waals surface area (Å²) in [6, 6.07) is -1.05. The molecule has 0 saturated heterocycles. The van der Waals surface area contributed by atoms with Crippen LogP contribution in [-0.2, 0) is 4.79 Å². The van der Waals surface area contributed by atoms with E-state index in [1.807, 2.05) is 13.8 Å². The molecule has 0 radical (unpaired) electrons. The van der Waals surface area contributed by atoms with Crippen LogP contribution in [0.1, 0.15) is 39.5 Å². The van der Waals surface area contributed by atoms with E-state index in [9.17, 15) is 9.59 Å². The molecule has 1 unspecified atom stereocenters. The van der Waals surface area contributed by atoms with Gasteiger partial charge in [0.25, 0.3) is 0 Å². The molecule has 0 aromatic heterocycles. The molecule has 5 heteroatoms. The fraction of sp³-hybridized carbons (Fsp3) is 0.692. The Morgan fingerprint density at radius 1 is 1.56 bits per heavy atom. The molecule has 18 heavy (non-hydrogen) atoms. The lowest BCUT2D eigenvalue weighted by Gasteiger charge is -2.27. The minimum Gasteiger partial charge on any atom is -0.480 e. The van der Waals surface area contributed by atoms with Gasteiger partial charge in [-0.3, -0.25) is 0 Å². The van der Waals surface area contributed by atoms with Crippen molar-refractivity contribution in [2.24, 2.45) is 0 Å². The third kappa shape index (κ3) is 4.39. The molecular formula is C13H22N2O3. The maximum Gasteiger partial charge on any atom is 0.326 e. The third-order valence-corrected chi connectivity index (χ3v) is 3.06. The number of rotatable bonds is 5.